The summed E-state index contributed by atoms with van der Waals surface area (Å²) >= 11 is 0. The quantitative estimate of drug-likeness (QED) is 0.679. The molecule has 3 rings (SSSR count). The third-order valence-corrected chi connectivity index (χ3v) is 4.41. The van der Waals surface area contributed by atoms with Crippen LogP contribution < -0.4 is 19.7 Å². The number of carbonyl (C=O) groups is 1. The zero-order valence-electron chi connectivity index (χ0n) is 16.2. The number of pyridine rings is 1. The summed E-state index contributed by atoms with van der Waals surface area (Å²) in [4.78, 5) is 18.8. The molecule has 1 aromatic heterocycles. The van der Waals surface area contributed by atoms with Gasteiger partial charge in [-0.1, -0.05) is 24.3 Å². The van der Waals surface area contributed by atoms with Gasteiger partial charge in [-0.3, -0.25) is 9.78 Å². The van der Waals surface area contributed by atoms with Gasteiger partial charge in [0.25, 0.3) is 5.91 Å². The van der Waals surface area contributed by atoms with Crippen LogP contribution in [0.15, 0.2) is 66.9 Å². The lowest BCUT2D eigenvalue weighted by Crippen LogP contribution is -2.24. The standard InChI is InChI=1S/C22H23N3O3/c1-25(17-7-5-4-6-8-17)18-11-12-23-19(14-18)22(26)24-15-16-9-10-20(27-2)21(13-16)28-3/h4-14H,15H2,1-3H3,(H,24,26). The molecule has 28 heavy (non-hydrogen) atoms. The molecule has 2 aromatic carbocycles. The predicted molar refractivity (Wildman–Crippen MR) is 109 cm³/mol. The SMILES string of the molecule is COc1ccc(CNC(=O)c2cc(N(C)c3ccccc3)ccn2)cc1OC. The number of methoxy groups -OCH3 is 2. The summed E-state index contributed by atoms with van der Waals surface area (Å²) < 4.78 is 10.5. The second kappa shape index (κ2) is 8.90. The molecule has 6 nitrogen and oxygen atoms in total. The van der Waals surface area contributed by atoms with Crippen LogP contribution in [0.3, 0.4) is 0 Å². The molecule has 0 atom stereocenters. The number of anilines is 2. The molecule has 0 aliphatic carbocycles. The molecule has 1 heterocycles. The Hall–Kier alpha value is -3.54. The maximum Gasteiger partial charge on any atom is 0.270 e. The first-order valence-electron chi connectivity index (χ1n) is 8.86. The number of hydrogen-bond donors (Lipinski definition) is 1. The van der Waals surface area contributed by atoms with E-state index in [4.69, 9.17) is 9.47 Å². The first-order valence-corrected chi connectivity index (χ1v) is 8.86. The van der Waals surface area contributed by atoms with Gasteiger partial charge in [-0.2, -0.15) is 0 Å². The third kappa shape index (κ3) is 4.40. The van der Waals surface area contributed by atoms with E-state index in [-0.39, 0.29) is 5.91 Å². The Balaban J connectivity index is 1.70. The van der Waals surface area contributed by atoms with Crippen molar-refractivity contribution in [3.63, 3.8) is 0 Å². The van der Waals surface area contributed by atoms with Crippen molar-refractivity contribution in [2.75, 3.05) is 26.2 Å². The van der Waals surface area contributed by atoms with Crippen LogP contribution >= 0.6 is 0 Å². The number of rotatable bonds is 7. The van der Waals surface area contributed by atoms with Gasteiger partial charge < -0.3 is 19.7 Å². The van der Waals surface area contributed by atoms with E-state index < -0.39 is 0 Å². The first kappa shape index (κ1) is 19.2. The predicted octanol–water partition coefficient (Wildman–Crippen LogP) is 3.80. The summed E-state index contributed by atoms with van der Waals surface area (Å²) in [6.45, 7) is 0.361. The molecule has 0 fully saturated rings. The van der Waals surface area contributed by atoms with E-state index in [1.807, 2.05) is 66.5 Å². The van der Waals surface area contributed by atoms with Gasteiger partial charge in [-0.05, 0) is 42.0 Å². The summed E-state index contributed by atoms with van der Waals surface area (Å²) in [5.41, 5.74) is 3.19. The third-order valence-electron chi connectivity index (χ3n) is 4.41. The van der Waals surface area contributed by atoms with Gasteiger partial charge in [0.2, 0.25) is 0 Å². The monoisotopic (exact) mass is 377 g/mol. The normalized spacial score (nSPS) is 10.2. The van der Waals surface area contributed by atoms with Crippen LogP contribution in [0.1, 0.15) is 16.1 Å². The van der Waals surface area contributed by atoms with Gasteiger partial charge in [0.05, 0.1) is 14.2 Å². The number of hydrogen-bond acceptors (Lipinski definition) is 5. The number of aromatic nitrogens is 1. The van der Waals surface area contributed by atoms with E-state index in [1.54, 1.807) is 26.5 Å². The van der Waals surface area contributed by atoms with Crippen LogP contribution in [0, 0.1) is 0 Å². The highest BCUT2D eigenvalue weighted by molar-refractivity contribution is 5.93. The van der Waals surface area contributed by atoms with Crippen molar-refractivity contribution in [2.45, 2.75) is 6.54 Å². The number of nitrogens with zero attached hydrogens (tertiary/aromatic N) is 2. The maximum absolute atomic E-state index is 12.6. The van der Waals surface area contributed by atoms with Gasteiger partial charge in [0, 0.05) is 31.2 Å². The minimum absolute atomic E-state index is 0.238. The summed E-state index contributed by atoms with van der Waals surface area (Å²) in [5, 5.41) is 2.89. The van der Waals surface area contributed by atoms with Gasteiger partial charge >= 0.3 is 0 Å². The fourth-order valence-corrected chi connectivity index (χ4v) is 2.82. The topological polar surface area (TPSA) is 63.7 Å². The summed E-state index contributed by atoms with van der Waals surface area (Å²) in [6, 6.07) is 19.1. The van der Waals surface area contributed by atoms with Crippen molar-refractivity contribution < 1.29 is 14.3 Å². The Morgan fingerprint density at radius 2 is 1.71 bits per heavy atom. The van der Waals surface area contributed by atoms with Crippen LogP contribution in [-0.2, 0) is 6.54 Å². The molecule has 0 aliphatic heterocycles. The average molecular weight is 377 g/mol. The number of benzene rings is 2. The largest absolute Gasteiger partial charge is 0.493 e. The molecule has 0 spiro atoms. The highest BCUT2D eigenvalue weighted by Gasteiger charge is 2.11. The average Bonchev–Trinajstić information content (AvgIpc) is 2.77. The molecule has 3 aromatic rings. The second-order valence-corrected chi connectivity index (χ2v) is 6.17. The van der Waals surface area contributed by atoms with Crippen molar-refractivity contribution in [1.82, 2.24) is 10.3 Å². The Morgan fingerprint density at radius 3 is 2.43 bits per heavy atom. The van der Waals surface area contributed by atoms with Crippen LogP contribution in [0.25, 0.3) is 0 Å². The molecule has 0 radical (unpaired) electrons. The van der Waals surface area contributed by atoms with Gasteiger partial charge in [-0.25, -0.2) is 0 Å². The summed E-state index contributed by atoms with van der Waals surface area (Å²) in [7, 11) is 5.12. The molecule has 0 bridgehead atoms. The van der Waals surface area contributed by atoms with Crippen LogP contribution in [0.4, 0.5) is 11.4 Å². The van der Waals surface area contributed by atoms with Gasteiger partial charge in [-0.15, -0.1) is 0 Å². The molecule has 144 valence electrons. The molecule has 0 saturated carbocycles. The maximum atomic E-state index is 12.6. The van der Waals surface area contributed by atoms with Crippen molar-refractivity contribution in [2.24, 2.45) is 0 Å². The van der Waals surface area contributed by atoms with E-state index in [1.165, 1.54) is 0 Å². The molecule has 0 unspecified atom stereocenters. The Labute approximate surface area is 164 Å². The summed E-state index contributed by atoms with van der Waals surface area (Å²) in [5.74, 6) is 1.04. The van der Waals surface area contributed by atoms with Crippen molar-refractivity contribution in [3.05, 3.63) is 78.1 Å². The lowest BCUT2D eigenvalue weighted by atomic mass is 10.2. The number of amides is 1. The number of ether oxygens (including phenoxy) is 2. The minimum atomic E-state index is -0.238. The lowest BCUT2D eigenvalue weighted by Gasteiger charge is -2.19. The molecule has 0 saturated heterocycles. The Bertz CT molecular complexity index is 945. The number of para-hydroxylation sites is 1. The Kier molecular flexibility index (Phi) is 6.11. The molecular formula is C22H23N3O3. The Morgan fingerprint density at radius 1 is 0.964 bits per heavy atom. The van der Waals surface area contributed by atoms with E-state index in [2.05, 4.69) is 10.3 Å². The van der Waals surface area contributed by atoms with Gasteiger partial charge in [0.1, 0.15) is 5.69 Å². The smallest absolute Gasteiger partial charge is 0.270 e. The van der Waals surface area contributed by atoms with Crippen LogP contribution in [-0.4, -0.2) is 32.2 Å². The molecule has 6 heteroatoms. The minimum Gasteiger partial charge on any atom is -0.493 e. The van der Waals surface area contributed by atoms with Crippen LogP contribution in [0.5, 0.6) is 11.5 Å². The molecule has 0 aliphatic rings. The fourth-order valence-electron chi connectivity index (χ4n) is 2.82. The van der Waals surface area contributed by atoms with Crippen molar-refractivity contribution in [3.8, 4) is 11.5 Å². The van der Waals surface area contributed by atoms with Crippen LogP contribution in [0.2, 0.25) is 0 Å². The van der Waals surface area contributed by atoms with E-state index in [9.17, 15) is 4.79 Å². The summed E-state index contributed by atoms with van der Waals surface area (Å²) in [6.07, 6.45) is 1.64. The van der Waals surface area contributed by atoms with E-state index in [0.717, 1.165) is 16.9 Å². The highest BCUT2D eigenvalue weighted by atomic mass is 16.5. The zero-order valence-corrected chi connectivity index (χ0v) is 16.2. The number of carbonyl (C=O) groups excluding carboxylic acids is 1. The number of nitrogens with one attached hydrogen (secondary N) is 1. The molecule has 1 N–H and O–H groups in total. The fraction of sp³-hybridized carbons (Fsp3) is 0.182. The molecular weight excluding hydrogens is 354 g/mol. The van der Waals surface area contributed by atoms with Gasteiger partial charge in [0.15, 0.2) is 11.5 Å². The second-order valence-electron chi connectivity index (χ2n) is 6.17. The zero-order chi connectivity index (χ0) is 19.9. The van der Waals surface area contributed by atoms with E-state index in [0.29, 0.717) is 23.7 Å². The highest BCUT2D eigenvalue weighted by Crippen LogP contribution is 2.27. The van der Waals surface area contributed by atoms with E-state index >= 15 is 0 Å². The van der Waals surface area contributed by atoms with Crippen molar-refractivity contribution in [1.29, 1.82) is 0 Å². The lowest BCUT2D eigenvalue weighted by molar-refractivity contribution is 0.0946. The molecule has 1 amide bonds. The first-order chi connectivity index (χ1) is 13.6. The van der Waals surface area contributed by atoms with Crippen molar-refractivity contribution >= 4 is 17.3 Å².